The van der Waals surface area contributed by atoms with Gasteiger partial charge < -0.3 is 14.2 Å². The molecule has 2 rings (SSSR count). The lowest BCUT2D eigenvalue weighted by Gasteiger charge is -2.30. The lowest BCUT2D eigenvalue weighted by Crippen LogP contribution is -2.47. The molecule has 4 unspecified atom stereocenters. The average Bonchev–Trinajstić information content (AvgIpc) is 2.76. The standard InChI is InChI=1S/C12H13F2IN2O6/c1-5(18)22-8-7(14)10(23-12(8,4-15)21-2)17-3-6(13)9(19)16-11(17)20/h3,7-8,10H,4H2,1-2H3,(H,16,19,20). The van der Waals surface area contributed by atoms with E-state index in [4.69, 9.17) is 14.2 Å². The summed E-state index contributed by atoms with van der Waals surface area (Å²) >= 11 is 1.84. The van der Waals surface area contributed by atoms with E-state index in [-0.39, 0.29) is 4.43 Å². The first-order valence-corrected chi connectivity index (χ1v) is 7.89. The van der Waals surface area contributed by atoms with Gasteiger partial charge in [0.2, 0.25) is 11.6 Å². The van der Waals surface area contributed by atoms with Gasteiger partial charge in [0.25, 0.3) is 5.56 Å². The maximum Gasteiger partial charge on any atom is 0.330 e. The molecule has 1 N–H and O–H groups in total. The van der Waals surface area contributed by atoms with Gasteiger partial charge in [-0.3, -0.25) is 19.1 Å². The van der Waals surface area contributed by atoms with Crippen molar-refractivity contribution in [1.29, 1.82) is 0 Å². The zero-order chi connectivity index (χ0) is 17.4. The van der Waals surface area contributed by atoms with Crippen LogP contribution in [-0.2, 0) is 19.0 Å². The summed E-state index contributed by atoms with van der Waals surface area (Å²) in [5, 5.41) is 0. The normalized spacial score (nSPS) is 30.4. The summed E-state index contributed by atoms with van der Waals surface area (Å²) in [6.45, 7) is 1.08. The molecular formula is C12H13F2IN2O6. The Morgan fingerprint density at radius 1 is 1.57 bits per heavy atom. The Hall–Kier alpha value is -1.34. The SMILES string of the molecule is COC1(CI)OC(n2cc(F)c(=O)[nH]c2=O)C(F)C1OC(C)=O. The van der Waals surface area contributed by atoms with Gasteiger partial charge in [-0.2, -0.15) is 4.39 Å². The number of esters is 1. The Morgan fingerprint density at radius 2 is 2.22 bits per heavy atom. The predicted octanol–water partition coefficient (Wildman–Crippen LogP) is 0.252. The van der Waals surface area contributed by atoms with Crippen LogP contribution in [0, 0.1) is 5.82 Å². The molecule has 0 spiro atoms. The van der Waals surface area contributed by atoms with E-state index in [1.165, 1.54) is 7.11 Å². The lowest BCUT2D eigenvalue weighted by atomic mass is 10.1. The fraction of sp³-hybridized carbons (Fsp3) is 0.583. The number of H-pyrrole nitrogens is 1. The first-order chi connectivity index (χ1) is 10.8. The minimum atomic E-state index is -2.02. The molecule has 1 aromatic heterocycles. The molecule has 1 aliphatic heterocycles. The van der Waals surface area contributed by atoms with Crippen LogP contribution in [0.25, 0.3) is 0 Å². The maximum atomic E-state index is 14.7. The quantitative estimate of drug-likeness (QED) is 0.405. The summed E-state index contributed by atoms with van der Waals surface area (Å²) in [4.78, 5) is 35.7. The molecule has 1 aliphatic rings. The Labute approximate surface area is 141 Å². The van der Waals surface area contributed by atoms with Gasteiger partial charge in [0, 0.05) is 14.0 Å². The third kappa shape index (κ3) is 3.17. The van der Waals surface area contributed by atoms with Gasteiger partial charge in [-0.1, -0.05) is 22.6 Å². The van der Waals surface area contributed by atoms with E-state index in [1.807, 2.05) is 22.6 Å². The van der Waals surface area contributed by atoms with Crippen molar-refractivity contribution in [2.24, 2.45) is 0 Å². The van der Waals surface area contributed by atoms with Gasteiger partial charge in [0.05, 0.1) is 10.6 Å². The number of rotatable bonds is 4. The third-order valence-electron chi connectivity index (χ3n) is 3.34. The zero-order valence-corrected chi connectivity index (χ0v) is 14.2. The van der Waals surface area contributed by atoms with Crippen molar-refractivity contribution in [2.45, 2.75) is 31.2 Å². The molecular weight excluding hydrogens is 433 g/mol. The van der Waals surface area contributed by atoms with Crippen LogP contribution >= 0.6 is 22.6 Å². The summed E-state index contributed by atoms with van der Waals surface area (Å²) < 4.78 is 44.2. The summed E-state index contributed by atoms with van der Waals surface area (Å²) in [7, 11) is 1.22. The maximum absolute atomic E-state index is 14.7. The average molecular weight is 446 g/mol. The van der Waals surface area contributed by atoms with E-state index in [2.05, 4.69) is 0 Å². The molecule has 0 bridgehead atoms. The van der Waals surface area contributed by atoms with E-state index in [0.717, 1.165) is 6.92 Å². The molecule has 1 fully saturated rings. The molecule has 1 aromatic rings. The summed E-state index contributed by atoms with van der Waals surface area (Å²) in [5.41, 5.74) is -2.30. The van der Waals surface area contributed by atoms with Crippen LogP contribution in [0.1, 0.15) is 13.2 Å². The second-order valence-electron chi connectivity index (χ2n) is 4.78. The Bertz CT molecular complexity index is 716. The summed E-state index contributed by atoms with van der Waals surface area (Å²) in [6, 6.07) is 0. The molecule has 2 heterocycles. The Morgan fingerprint density at radius 3 is 2.74 bits per heavy atom. The van der Waals surface area contributed by atoms with Crippen LogP contribution in [0.15, 0.2) is 15.8 Å². The number of hydrogen-bond acceptors (Lipinski definition) is 6. The molecule has 0 aromatic carbocycles. The number of methoxy groups -OCH3 is 1. The van der Waals surface area contributed by atoms with E-state index >= 15 is 0 Å². The van der Waals surface area contributed by atoms with Gasteiger partial charge in [-0.15, -0.1) is 0 Å². The van der Waals surface area contributed by atoms with Crippen molar-refractivity contribution in [3.8, 4) is 0 Å². The first kappa shape index (κ1) is 18.0. The van der Waals surface area contributed by atoms with Gasteiger partial charge >= 0.3 is 11.7 Å². The van der Waals surface area contributed by atoms with Gasteiger partial charge in [-0.05, 0) is 0 Å². The Kier molecular flexibility index (Phi) is 5.20. The molecule has 0 aliphatic carbocycles. The van der Waals surface area contributed by atoms with Crippen LogP contribution in [-0.4, -0.2) is 45.1 Å². The molecule has 4 atom stereocenters. The number of hydrogen-bond donors (Lipinski definition) is 1. The van der Waals surface area contributed by atoms with Crippen LogP contribution in [0.5, 0.6) is 0 Å². The van der Waals surface area contributed by atoms with Gasteiger partial charge in [0.1, 0.15) is 0 Å². The van der Waals surface area contributed by atoms with Crippen molar-refractivity contribution >= 4 is 28.6 Å². The smallest absolute Gasteiger partial charge is 0.330 e. The van der Waals surface area contributed by atoms with Gasteiger partial charge in [0.15, 0.2) is 18.5 Å². The number of aromatic nitrogens is 2. The second-order valence-corrected chi connectivity index (χ2v) is 5.54. The summed E-state index contributed by atoms with van der Waals surface area (Å²) in [6.07, 6.45) is -4.58. The number of aromatic amines is 1. The van der Waals surface area contributed by atoms with E-state index < -0.39 is 47.3 Å². The Balaban J connectivity index is 2.49. The minimum Gasteiger partial charge on any atom is -0.453 e. The van der Waals surface area contributed by atoms with Gasteiger partial charge in [-0.25, -0.2) is 9.18 Å². The highest BCUT2D eigenvalue weighted by Gasteiger charge is 2.59. The van der Waals surface area contributed by atoms with Crippen molar-refractivity contribution < 1.29 is 27.8 Å². The molecule has 23 heavy (non-hydrogen) atoms. The second kappa shape index (κ2) is 6.65. The number of halogens is 3. The number of nitrogens with one attached hydrogen (secondary N) is 1. The fourth-order valence-electron chi connectivity index (χ4n) is 2.25. The minimum absolute atomic E-state index is 0.0662. The van der Waals surface area contributed by atoms with Crippen molar-refractivity contribution in [3.05, 3.63) is 32.9 Å². The first-order valence-electron chi connectivity index (χ1n) is 6.37. The molecule has 11 heteroatoms. The molecule has 1 saturated heterocycles. The molecule has 8 nitrogen and oxygen atoms in total. The van der Waals surface area contributed by atoms with E-state index in [9.17, 15) is 23.2 Å². The highest BCUT2D eigenvalue weighted by Crippen LogP contribution is 2.42. The molecule has 128 valence electrons. The monoisotopic (exact) mass is 446 g/mol. The van der Waals surface area contributed by atoms with Crippen molar-refractivity contribution in [1.82, 2.24) is 9.55 Å². The topological polar surface area (TPSA) is 99.6 Å². The number of carbonyl (C=O) groups excluding carboxylic acids is 1. The molecule has 0 radical (unpaired) electrons. The number of nitrogens with zero attached hydrogens (tertiary/aromatic N) is 1. The third-order valence-corrected chi connectivity index (χ3v) is 4.40. The predicted molar refractivity (Wildman–Crippen MR) is 80.5 cm³/mol. The number of ether oxygens (including phenoxy) is 3. The summed E-state index contributed by atoms with van der Waals surface area (Å²) in [5.74, 6) is -3.70. The van der Waals surface area contributed by atoms with Crippen LogP contribution in [0.2, 0.25) is 0 Å². The number of carbonyl (C=O) groups is 1. The van der Waals surface area contributed by atoms with E-state index in [0.29, 0.717) is 10.8 Å². The van der Waals surface area contributed by atoms with Crippen molar-refractivity contribution in [2.75, 3.05) is 11.5 Å². The fourth-order valence-corrected chi connectivity index (χ4v) is 3.17. The largest absolute Gasteiger partial charge is 0.453 e. The van der Waals surface area contributed by atoms with Crippen LogP contribution in [0.4, 0.5) is 8.78 Å². The highest BCUT2D eigenvalue weighted by molar-refractivity contribution is 14.1. The zero-order valence-electron chi connectivity index (χ0n) is 12.0. The molecule has 0 saturated carbocycles. The van der Waals surface area contributed by atoms with E-state index in [1.54, 1.807) is 4.98 Å². The van der Waals surface area contributed by atoms with Crippen LogP contribution in [0.3, 0.4) is 0 Å². The highest BCUT2D eigenvalue weighted by atomic mass is 127. The van der Waals surface area contributed by atoms with Crippen molar-refractivity contribution in [3.63, 3.8) is 0 Å². The molecule has 0 amide bonds. The lowest BCUT2D eigenvalue weighted by molar-refractivity contribution is -0.242. The number of alkyl halides is 2. The van der Waals surface area contributed by atoms with Crippen LogP contribution < -0.4 is 11.2 Å².